The van der Waals surface area contributed by atoms with Crippen LogP contribution in [0.5, 0.6) is 11.5 Å². The van der Waals surface area contributed by atoms with Crippen LogP contribution in [0.2, 0.25) is 0 Å². The van der Waals surface area contributed by atoms with Gasteiger partial charge in [0.15, 0.2) is 11.4 Å². The Hall–Kier alpha value is -3.95. The SMILES string of the molecule is COc1cc([N+](=O)[O-])ccc1/N=N/C(C(=O)Nc1ccccc1OC)=C(/C)O. The molecular formula is C18H18N4O6. The third kappa shape index (κ3) is 4.81. The number of carbonyl (C=O) groups excluding carboxylic acids is 1. The molecule has 28 heavy (non-hydrogen) atoms. The van der Waals surface area contributed by atoms with E-state index in [4.69, 9.17) is 9.47 Å². The van der Waals surface area contributed by atoms with Crippen LogP contribution in [0.3, 0.4) is 0 Å². The molecule has 2 aromatic rings. The number of benzene rings is 2. The van der Waals surface area contributed by atoms with E-state index >= 15 is 0 Å². The van der Waals surface area contributed by atoms with Crippen LogP contribution in [0, 0.1) is 10.1 Å². The zero-order chi connectivity index (χ0) is 20.7. The van der Waals surface area contributed by atoms with Crippen molar-refractivity contribution in [2.75, 3.05) is 19.5 Å². The summed E-state index contributed by atoms with van der Waals surface area (Å²) in [7, 11) is 2.78. The number of ether oxygens (including phenoxy) is 2. The van der Waals surface area contributed by atoms with Gasteiger partial charge < -0.3 is 19.9 Å². The molecule has 2 N–H and O–H groups in total. The van der Waals surface area contributed by atoms with Crippen molar-refractivity contribution in [2.45, 2.75) is 6.92 Å². The van der Waals surface area contributed by atoms with Crippen molar-refractivity contribution in [1.82, 2.24) is 0 Å². The number of para-hydroxylation sites is 2. The van der Waals surface area contributed by atoms with Crippen molar-refractivity contribution < 1.29 is 24.3 Å². The summed E-state index contributed by atoms with van der Waals surface area (Å²) in [6, 6.07) is 10.5. The molecule has 0 aromatic heterocycles. The number of rotatable bonds is 7. The molecule has 0 aliphatic carbocycles. The summed E-state index contributed by atoms with van der Waals surface area (Å²) < 4.78 is 10.2. The van der Waals surface area contributed by atoms with Gasteiger partial charge in [-0.1, -0.05) is 12.1 Å². The molecule has 0 bridgehead atoms. The average molecular weight is 386 g/mol. The molecule has 0 aliphatic rings. The van der Waals surface area contributed by atoms with Crippen molar-refractivity contribution in [2.24, 2.45) is 10.2 Å². The molecular weight excluding hydrogens is 368 g/mol. The maximum atomic E-state index is 12.5. The van der Waals surface area contributed by atoms with E-state index in [2.05, 4.69) is 15.5 Å². The van der Waals surface area contributed by atoms with Crippen LogP contribution in [0.4, 0.5) is 17.1 Å². The minimum absolute atomic E-state index is 0.0954. The van der Waals surface area contributed by atoms with Crippen LogP contribution >= 0.6 is 0 Å². The summed E-state index contributed by atoms with van der Waals surface area (Å²) in [5.74, 6) is -0.552. The molecule has 0 radical (unpaired) electrons. The third-order valence-corrected chi connectivity index (χ3v) is 3.54. The van der Waals surface area contributed by atoms with E-state index < -0.39 is 10.8 Å². The highest BCUT2D eigenvalue weighted by Crippen LogP contribution is 2.32. The number of hydrogen-bond donors (Lipinski definition) is 2. The molecule has 1 amide bonds. The molecule has 0 saturated heterocycles. The monoisotopic (exact) mass is 386 g/mol. The standard InChI is InChI=1S/C18H18N4O6/c1-11(23)17(18(24)19-13-6-4-5-7-15(13)27-2)21-20-14-9-8-12(22(25)26)10-16(14)28-3/h4-10,23H,1-3H3,(H,19,24)/b17-11-,21-20+. The number of carbonyl (C=O) groups is 1. The quantitative estimate of drug-likeness (QED) is 0.241. The molecule has 0 aliphatic heterocycles. The fraction of sp³-hybridized carbons (Fsp3) is 0.167. The molecule has 2 aromatic carbocycles. The predicted octanol–water partition coefficient (Wildman–Crippen LogP) is 4.12. The van der Waals surface area contributed by atoms with E-state index in [9.17, 15) is 20.0 Å². The fourth-order valence-corrected chi connectivity index (χ4v) is 2.18. The number of aliphatic hydroxyl groups excluding tert-OH is 1. The van der Waals surface area contributed by atoms with Gasteiger partial charge in [0.25, 0.3) is 11.6 Å². The minimum atomic E-state index is -0.714. The Morgan fingerprint density at radius 2 is 1.82 bits per heavy atom. The summed E-state index contributed by atoms with van der Waals surface area (Å²) in [6.45, 7) is 1.28. The smallest absolute Gasteiger partial charge is 0.279 e. The molecule has 0 unspecified atom stereocenters. The molecule has 0 fully saturated rings. The Morgan fingerprint density at radius 1 is 1.14 bits per heavy atom. The lowest BCUT2D eigenvalue weighted by Gasteiger charge is -2.10. The van der Waals surface area contributed by atoms with Crippen LogP contribution in [0.25, 0.3) is 0 Å². The first-order valence-electron chi connectivity index (χ1n) is 7.95. The number of nitro groups is 1. The number of methoxy groups -OCH3 is 2. The molecule has 146 valence electrons. The van der Waals surface area contributed by atoms with E-state index in [1.165, 1.54) is 39.3 Å². The number of azo groups is 1. The lowest BCUT2D eigenvalue weighted by Crippen LogP contribution is -2.15. The highest BCUT2D eigenvalue weighted by molar-refractivity contribution is 6.04. The third-order valence-electron chi connectivity index (χ3n) is 3.54. The van der Waals surface area contributed by atoms with Crippen LogP contribution in [-0.4, -0.2) is 30.2 Å². The fourth-order valence-electron chi connectivity index (χ4n) is 2.18. The largest absolute Gasteiger partial charge is 0.510 e. The zero-order valence-electron chi connectivity index (χ0n) is 15.4. The number of nitrogens with zero attached hydrogens (tertiary/aromatic N) is 3. The first-order valence-corrected chi connectivity index (χ1v) is 7.95. The normalized spacial score (nSPS) is 11.7. The number of non-ortho nitro benzene ring substituents is 1. The van der Waals surface area contributed by atoms with Crippen LogP contribution < -0.4 is 14.8 Å². The second-order valence-electron chi connectivity index (χ2n) is 5.40. The van der Waals surface area contributed by atoms with Gasteiger partial charge in [-0.25, -0.2) is 0 Å². The van der Waals surface area contributed by atoms with Gasteiger partial charge in [-0.2, -0.15) is 0 Å². The van der Waals surface area contributed by atoms with Gasteiger partial charge in [-0.15, -0.1) is 10.2 Å². The van der Waals surface area contributed by atoms with Gasteiger partial charge >= 0.3 is 0 Å². The molecule has 10 nitrogen and oxygen atoms in total. The van der Waals surface area contributed by atoms with Crippen LogP contribution in [-0.2, 0) is 4.79 Å². The summed E-state index contributed by atoms with van der Waals surface area (Å²) in [5.41, 5.74) is 0.0129. The first kappa shape index (κ1) is 20.4. The lowest BCUT2D eigenvalue weighted by atomic mass is 10.2. The predicted molar refractivity (Wildman–Crippen MR) is 101 cm³/mol. The van der Waals surface area contributed by atoms with Crippen molar-refractivity contribution in [1.29, 1.82) is 0 Å². The number of nitro benzene ring substituents is 1. The van der Waals surface area contributed by atoms with Gasteiger partial charge in [-0.05, 0) is 25.1 Å². The second-order valence-corrected chi connectivity index (χ2v) is 5.40. The highest BCUT2D eigenvalue weighted by Gasteiger charge is 2.16. The average Bonchev–Trinajstić information content (AvgIpc) is 2.68. The Bertz CT molecular complexity index is 951. The van der Waals surface area contributed by atoms with Crippen molar-refractivity contribution in [3.8, 4) is 11.5 Å². The number of nitrogens with one attached hydrogen (secondary N) is 1. The van der Waals surface area contributed by atoms with Crippen LogP contribution in [0.15, 0.2) is 64.1 Å². The van der Waals surface area contributed by atoms with Crippen molar-refractivity contribution >= 4 is 23.0 Å². The Morgan fingerprint density at radius 3 is 2.43 bits per heavy atom. The van der Waals surface area contributed by atoms with Crippen molar-refractivity contribution in [3.05, 3.63) is 64.0 Å². The molecule has 10 heteroatoms. The highest BCUT2D eigenvalue weighted by atomic mass is 16.6. The van der Waals surface area contributed by atoms with E-state index in [1.54, 1.807) is 24.3 Å². The lowest BCUT2D eigenvalue weighted by molar-refractivity contribution is -0.384. The Balaban J connectivity index is 2.29. The first-order chi connectivity index (χ1) is 13.4. The summed E-state index contributed by atoms with van der Waals surface area (Å²) in [5, 5.41) is 30.9. The van der Waals surface area contributed by atoms with Gasteiger partial charge in [0.2, 0.25) is 0 Å². The maximum Gasteiger partial charge on any atom is 0.279 e. The van der Waals surface area contributed by atoms with Gasteiger partial charge in [-0.3, -0.25) is 14.9 Å². The molecule has 0 saturated carbocycles. The summed E-state index contributed by atoms with van der Waals surface area (Å²) >= 11 is 0. The van der Waals surface area contributed by atoms with Crippen molar-refractivity contribution in [3.63, 3.8) is 0 Å². The molecule has 0 atom stereocenters. The Kier molecular flexibility index (Phi) is 6.63. The van der Waals surface area contributed by atoms with Gasteiger partial charge in [0, 0.05) is 6.07 Å². The van der Waals surface area contributed by atoms with E-state index in [1.807, 2.05) is 0 Å². The second kappa shape index (κ2) is 9.12. The van der Waals surface area contributed by atoms with Gasteiger partial charge in [0.05, 0.1) is 30.9 Å². The number of aliphatic hydroxyl groups is 1. The minimum Gasteiger partial charge on any atom is -0.510 e. The summed E-state index contributed by atoms with van der Waals surface area (Å²) in [4.78, 5) is 22.7. The van der Waals surface area contributed by atoms with E-state index in [-0.39, 0.29) is 28.6 Å². The van der Waals surface area contributed by atoms with Crippen LogP contribution in [0.1, 0.15) is 6.92 Å². The van der Waals surface area contributed by atoms with E-state index in [0.29, 0.717) is 11.4 Å². The molecule has 0 spiro atoms. The van der Waals surface area contributed by atoms with Gasteiger partial charge in [0.1, 0.15) is 17.2 Å². The number of allylic oxidation sites excluding steroid dienone is 1. The maximum absolute atomic E-state index is 12.5. The molecule has 0 heterocycles. The molecule has 2 rings (SSSR count). The Labute approximate surface area is 160 Å². The zero-order valence-corrected chi connectivity index (χ0v) is 15.4. The number of hydrogen-bond acceptors (Lipinski definition) is 8. The van der Waals surface area contributed by atoms with E-state index in [0.717, 1.165) is 0 Å². The number of anilines is 1. The summed E-state index contributed by atoms with van der Waals surface area (Å²) in [6.07, 6.45) is 0. The number of amides is 1. The topological polar surface area (TPSA) is 136 Å².